The second-order valence-corrected chi connectivity index (χ2v) is 4.77. The van der Waals surface area contributed by atoms with E-state index in [1.54, 1.807) is 36.4 Å². The molecule has 0 aliphatic rings. The summed E-state index contributed by atoms with van der Waals surface area (Å²) in [6.45, 7) is -0.274. The third kappa shape index (κ3) is 2.60. The van der Waals surface area contributed by atoms with Gasteiger partial charge in [0.25, 0.3) is 0 Å². The molecule has 1 heterocycles. The number of rotatable bonds is 4. The highest BCUT2D eigenvalue weighted by Gasteiger charge is 2.18. The SMILES string of the molecule is OCc1nnn(Cc2ccccc2F)c1-c1ccccc1F. The number of aromatic nitrogens is 3. The molecule has 0 unspecified atom stereocenters. The van der Waals surface area contributed by atoms with Crippen LogP contribution in [0.5, 0.6) is 0 Å². The summed E-state index contributed by atoms with van der Waals surface area (Å²) in [6.07, 6.45) is 0. The summed E-state index contributed by atoms with van der Waals surface area (Å²) >= 11 is 0. The fourth-order valence-corrected chi connectivity index (χ4v) is 2.30. The normalized spacial score (nSPS) is 10.9. The molecular weight excluding hydrogens is 288 g/mol. The highest BCUT2D eigenvalue weighted by atomic mass is 19.1. The van der Waals surface area contributed by atoms with Crippen LogP contribution in [-0.4, -0.2) is 20.1 Å². The Hall–Kier alpha value is -2.60. The molecule has 0 saturated heterocycles. The van der Waals surface area contributed by atoms with Gasteiger partial charge in [-0.15, -0.1) is 5.10 Å². The third-order valence-corrected chi connectivity index (χ3v) is 3.36. The van der Waals surface area contributed by atoms with E-state index in [2.05, 4.69) is 10.3 Å². The maximum absolute atomic E-state index is 14.0. The van der Waals surface area contributed by atoms with Crippen molar-refractivity contribution in [2.75, 3.05) is 0 Å². The standard InChI is InChI=1S/C16H13F2N3O/c17-13-7-3-1-5-11(13)9-21-16(15(10-22)19-20-21)12-6-2-4-8-14(12)18/h1-8,22H,9-10H2. The lowest BCUT2D eigenvalue weighted by atomic mass is 10.1. The first-order valence-corrected chi connectivity index (χ1v) is 6.72. The predicted molar refractivity (Wildman–Crippen MR) is 76.8 cm³/mol. The summed E-state index contributed by atoms with van der Waals surface area (Å²) in [5.74, 6) is -0.822. The Bertz CT molecular complexity index is 802. The Morgan fingerprint density at radius 2 is 1.64 bits per heavy atom. The van der Waals surface area contributed by atoms with Gasteiger partial charge in [0.2, 0.25) is 0 Å². The van der Waals surface area contributed by atoms with Gasteiger partial charge in [-0.3, -0.25) is 0 Å². The monoisotopic (exact) mass is 301 g/mol. The molecule has 6 heteroatoms. The molecule has 3 rings (SSSR count). The van der Waals surface area contributed by atoms with Gasteiger partial charge in [0.15, 0.2) is 0 Å². The highest BCUT2D eigenvalue weighted by Crippen LogP contribution is 2.26. The molecule has 0 bridgehead atoms. The molecule has 1 aromatic heterocycles. The van der Waals surface area contributed by atoms with E-state index < -0.39 is 5.82 Å². The quantitative estimate of drug-likeness (QED) is 0.806. The number of hydrogen-bond acceptors (Lipinski definition) is 3. The maximum atomic E-state index is 14.0. The van der Waals surface area contributed by atoms with Crippen LogP contribution in [0, 0.1) is 11.6 Å². The van der Waals surface area contributed by atoms with E-state index in [-0.39, 0.29) is 30.2 Å². The van der Waals surface area contributed by atoms with Gasteiger partial charge < -0.3 is 5.11 Å². The van der Waals surface area contributed by atoms with Crippen LogP contribution in [0.15, 0.2) is 48.5 Å². The van der Waals surface area contributed by atoms with Crippen molar-refractivity contribution < 1.29 is 13.9 Å². The minimum atomic E-state index is -0.450. The van der Waals surface area contributed by atoms with Crippen LogP contribution in [0.3, 0.4) is 0 Å². The number of aliphatic hydroxyl groups excluding tert-OH is 1. The summed E-state index contributed by atoms with van der Waals surface area (Å²) in [4.78, 5) is 0. The zero-order valence-electron chi connectivity index (χ0n) is 11.6. The van der Waals surface area contributed by atoms with Gasteiger partial charge in [-0.1, -0.05) is 35.5 Å². The third-order valence-electron chi connectivity index (χ3n) is 3.36. The highest BCUT2D eigenvalue weighted by molar-refractivity contribution is 5.62. The average Bonchev–Trinajstić information content (AvgIpc) is 2.93. The largest absolute Gasteiger partial charge is 0.390 e. The smallest absolute Gasteiger partial charge is 0.132 e. The number of benzene rings is 2. The van der Waals surface area contributed by atoms with Crippen molar-refractivity contribution in [1.82, 2.24) is 15.0 Å². The van der Waals surface area contributed by atoms with E-state index in [0.29, 0.717) is 11.3 Å². The molecule has 2 aromatic carbocycles. The van der Waals surface area contributed by atoms with Gasteiger partial charge in [0.05, 0.1) is 18.8 Å². The molecule has 3 aromatic rings. The van der Waals surface area contributed by atoms with Gasteiger partial charge >= 0.3 is 0 Å². The van der Waals surface area contributed by atoms with E-state index in [1.165, 1.54) is 16.8 Å². The van der Waals surface area contributed by atoms with Crippen LogP contribution in [0.1, 0.15) is 11.3 Å². The second-order valence-electron chi connectivity index (χ2n) is 4.77. The zero-order valence-corrected chi connectivity index (χ0v) is 11.6. The molecule has 0 radical (unpaired) electrons. The van der Waals surface area contributed by atoms with Gasteiger partial charge in [-0.25, -0.2) is 13.5 Å². The molecule has 22 heavy (non-hydrogen) atoms. The van der Waals surface area contributed by atoms with E-state index in [1.807, 2.05) is 0 Å². The maximum Gasteiger partial charge on any atom is 0.132 e. The van der Waals surface area contributed by atoms with Crippen molar-refractivity contribution in [3.8, 4) is 11.3 Å². The second kappa shape index (κ2) is 6.03. The van der Waals surface area contributed by atoms with Crippen LogP contribution in [-0.2, 0) is 13.2 Å². The summed E-state index contributed by atoms with van der Waals surface area (Å²) in [5, 5.41) is 17.2. The minimum absolute atomic E-state index is 0.101. The molecule has 4 nitrogen and oxygen atoms in total. The lowest BCUT2D eigenvalue weighted by Crippen LogP contribution is -2.07. The molecule has 0 fully saturated rings. The fraction of sp³-hybridized carbons (Fsp3) is 0.125. The molecule has 112 valence electrons. The molecule has 1 N–H and O–H groups in total. The Balaban J connectivity index is 2.09. The number of nitrogens with zero attached hydrogens (tertiary/aromatic N) is 3. The predicted octanol–water partition coefficient (Wildman–Crippen LogP) is 2.76. The van der Waals surface area contributed by atoms with E-state index in [0.717, 1.165) is 0 Å². The first kappa shape index (κ1) is 14.3. The lowest BCUT2D eigenvalue weighted by molar-refractivity contribution is 0.277. The molecule has 0 aliphatic carbocycles. The van der Waals surface area contributed by atoms with Crippen molar-refractivity contribution in [2.24, 2.45) is 0 Å². The van der Waals surface area contributed by atoms with E-state index in [9.17, 15) is 13.9 Å². The van der Waals surface area contributed by atoms with Crippen LogP contribution in [0.25, 0.3) is 11.3 Å². The van der Waals surface area contributed by atoms with Crippen LogP contribution in [0.2, 0.25) is 0 Å². The zero-order chi connectivity index (χ0) is 15.5. The average molecular weight is 301 g/mol. The Morgan fingerprint density at radius 3 is 2.32 bits per heavy atom. The van der Waals surface area contributed by atoms with E-state index >= 15 is 0 Å². The number of aliphatic hydroxyl groups is 1. The Labute approximate surface area is 125 Å². The molecule has 0 amide bonds. The Kier molecular flexibility index (Phi) is 3.93. The summed E-state index contributed by atoms with van der Waals surface area (Å²) < 4.78 is 29.2. The van der Waals surface area contributed by atoms with Gasteiger partial charge in [0.1, 0.15) is 17.3 Å². The van der Waals surface area contributed by atoms with Crippen LogP contribution < -0.4 is 0 Å². The van der Waals surface area contributed by atoms with Gasteiger partial charge in [0, 0.05) is 11.1 Å². The summed E-state index contributed by atoms with van der Waals surface area (Å²) in [7, 11) is 0. The van der Waals surface area contributed by atoms with Gasteiger partial charge in [-0.05, 0) is 18.2 Å². The minimum Gasteiger partial charge on any atom is -0.390 e. The number of halogens is 2. The first-order valence-electron chi connectivity index (χ1n) is 6.72. The van der Waals surface area contributed by atoms with Crippen LogP contribution >= 0.6 is 0 Å². The van der Waals surface area contributed by atoms with Crippen molar-refractivity contribution in [3.05, 3.63) is 71.4 Å². The fourth-order valence-electron chi connectivity index (χ4n) is 2.30. The number of hydrogen-bond donors (Lipinski definition) is 1. The molecule has 0 aliphatic heterocycles. The summed E-state index contributed by atoms with van der Waals surface area (Å²) in [5.41, 5.74) is 1.28. The topological polar surface area (TPSA) is 50.9 Å². The molecule has 0 atom stereocenters. The van der Waals surface area contributed by atoms with Crippen molar-refractivity contribution >= 4 is 0 Å². The lowest BCUT2D eigenvalue weighted by Gasteiger charge is -2.09. The first-order chi connectivity index (χ1) is 10.7. The van der Waals surface area contributed by atoms with Crippen molar-refractivity contribution in [2.45, 2.75) is 13.2 Å². The van der Waals surface area contributed by atoms with Crippen molar-refractivity contribution in [1.29, 1.82) is 0 Å². The van der Waals surface area contributed by atoms with Crippen LogP contribution in [0.4, 0.5) is 8.78 Å². The molecular formula is C16H13F2N3O. The Morgan fingerprint density at radius 1 is 0.955 bits per heavy atom. The van der Waals surface area contributed by atoms with Crippen molar-refractivity contribution in [3.63, 3.8) is 0 Å². The summed E-state index contributed by atoms with van der Waals surface area (Å²) in [6, 6.07) is 12.4. The molecule has 0 saturated carbocycles. The van der Waals surface area contributed by atoms with E-state index in [4.69, 9.17) is 0 Å². The molecule has 0 spiro atoms. The van der Waals surface area contributed by atoms with Gasteiger partial charge in [-0.2, -0.15) is 0 Å².